The number of phenols is 1. The molecule has 0 aliphatic heterocycles. The fourth-order valence-electron chi connectivity index (χ4n) is 2.44. The van der Waals surface area contributed by atoms with Gasteiger partial charge in [0.15, 0.2) is 17.3 Å². The summed E-state index contributed by atoms with van der Waals surface area (Å²) in [6, 6.07) is 13.0. The van der Waals surface area contributed by atoms with E-state index in [1.165, 1.54) is 7.11 Å². The zero-order valence-electron chi connectivity index (χ0n) is 14.2. The second-order valence-electron chi connectivity index (χ2n) is 5.46. The lowest BCUT2D eigenvalue weighted by Crippen LogP contribution is -2.05. The maximum Gasteiger partial charge on any atom is 0.180 e. The van der Waals surface area contributed by atoms with Gasteiger partial charge in [0.05, 0.1) is 7.11 Å². The van der Waals surface area contributed by atoms with Gasteiger partial charge in [-0.05, 0) is 24.6 Å². The first kappa shape index (κ1) is 16.7. The maximum atomic E-state index is 10.2. The van der Waals surface area contributed by atoms with E-state index in [9.17, 15) is 5.11 Å². The van der Waals surface area contributed by atoms with E-state index in [1.807, 2.05) is 43.3 Å². The summed E-state index contributed by atoms with van der Waals surface area (Å²) >= 11 is 0. The van der Waals surface area contributed by atoms with Gasteiger partial charge >= 0.3 is 0 Å². The lowest BCUT2D eigenvalue weighted by Gasteiger charge is -2.12. The van der Waals surface area contributed by atoms with Gasteiger partial charge in [-0.3, -0.25) is 4.98 Å². The van der Waals surface area contributed by atoms with E-state index in [0.29, 0.717) is 23.9 Å². The smallest absolute Gasteiger partial charge is 0.180 e. The van der Waals surface area contributed by atoms with E-state index < -0.39 is 0 Å². The molecule has 128 valence electrons. The van der Waals surface area contributed by atoms with Gasteiger partial charge in [-0.2, -0.15) is 0 Å². The summed E-state index contributed by atoms with van der Waals surface area (Å²) in [6.07, 6.45) is 2.51. The van der Waals surface area contributed by atoms with E-state index in [4.69, 9.17) is 4.74 Å². The Morgan fingerprint density at radius 2 is 2.00 bits per heavy atom. The van der Waals surface area contributed by atoms with Crippen LogP contribution in [-0.4, -0.2) is 27.2 Å². The fourth-order valence-corrected chi connectivity index (χ4v) is 2.44. The third kappa shape index (κ3) is 3.85. The van der Waals surface area contributed by atoms with Crippen molar-refractivity contribution in [3.63, 3.8) is 0 Å². The number of aryl methyl sites for hydroxylation is 1. The molecule has 2 aromatic heterocycles. The summed E-state index contributed by atoms with van der Waals surface area (Å²) in [4.78, 5) is 13.4. The average Bonchev–Trinajstić information content (AvgIpc) is 2.67. The fraction of sp³-hybridized carbons (Fsp3) is 0.211. The van der Waals surface area contributed by atoms with Gasteiger partial charge in [-0.1, -0.05) is 25.1 Å². The molecule has 2 heterocycles. The molecule has 0 aliphatic carbocycles. The Hall–Kier alpha value is -3.15. The highest BCUT2D eigenvalue weighted by Gasteiger charge is 2.10. The van der Waals surface area contributed by atoms with E-state index in [2.05, 4.69) is 20.3 Å². The number of hydrogen-bond acceptors (Lipinski definition) is 6. The quantitative estimate of drug-likeness (QED) is 0.718. The molecule has 0 spiro atoms. The molecule has 0 unspecified atom stereocenters. The predicted molar refractivity (Wildman–Crippen MR) is 96.6 cm³/mol. The van der Waals surface area contributed by atoms with E-state index in [0.717, 1.165) is 23.4 Å². The number of ether oxygens (including phenoxy) is 1. The van der Waals surface area contributed by atoms with Gasteiger partial charge < -0.3 is 15.2 Å². The van der Waals surface area contributed by atoms with Gasteiger partial charge in [0.1, 0.15) is 11.5 Å². The second kappa shape index (κ2) is 7.61. The summed E-state index contributed by atoms with van der Waals surface area (Å²) in [5, 5.41) is 13.4. The minimum atomic E-state index is 0.132. The third-order valence-electron chi connectivity index (χ3n) is 3.80. The molecule has 6 nitrogen and oxygen atoms in total. The van der Waals surface area contributed by atoms with Crippen LogP contribution >= 0.6 is 0 Å². The molecule has 0 saturated heterocycles. The standard InChI is InChI=1S/C19H20N4O2/c1-3-14-11-17(23-19(22-14)15-8-4-5-10-20-15)21-12-13-7-6-9-16(25-2)18(13)24/h4-11,24H,3,12H2,1-2H3,(H,21,22,23). The van der Waals surface area contributed by atoms with Gasteiger partial charge in [-0.15, -0.1) is 0 Å². The number of nitrogens with zero attached hydrogens (tertiary/aromatic N) is 3. The number of methoxy groups -OCH3 is 1. The number of nitrogens with one attached hydrogen (secondary N) is 1. The summed E-state index contributed by atoms with van der Waals surface area (Å²) < 4.78 is 5.14. The number of aromatic hydroxyl groups is 1. The molecule has 0 saturated carbocycles. The molecule has 3 aromatic rings. The number of aromatic nitrogens is 3. The number of anilines is 1. The summed E-state index contributed by atoms with van der Waals surface area (Å²) in [5.41, 5.74) is 2.38. The van der Waals surface area contributed by atoms with Crippen molar-refractivity contribution in [1.82, 2.24) is 15.0 Å². The highest BCUT2D eigenvalue weighted by Crippen LogP contribution is 2.29. The van der Waals surface area contributed by atoms with Crippen LogP contribution in [0.1, 0.15) is 18.2 Å². The zero-order chi connectivity index (χ0) is 17.6. The van der Waals surface area contributed by atoms with Crippen molar-refractivity contribution < 1.29 is 9.84 Å². The number of rotatable bonds is 6. The first-order chi connectivity index (χ1) is 12.2. The molecule has 0 bridgehead atoms. The number of hydrogen-bond donors (Lipinski definition) is 2. The Morgan fingerprint density at radius 3 is 2.72 bits per heavy atom. The zero-order valence-corrected chi connectivity index (χ0v) is 14.2. The average molecular weight is 336 g/mol. The molecule has 0 amide bonds. The Balaban J connectivity index is 1.85. The predicted octanol–water partition coefficient (Wildman–Crippen LogP) is 3.43. The second-order valence-corrected chi connectivity index (χ2v) is 5.46. The van der Waals surface area contributed by atoms with Crippen LogP contribution in [0.5, 0.6) is 11.5 Å². The van der Waals surface area contributed by atoms with Crippen LogP contribution in [0, 0.1) is 0 Å². The minimum absolute atomic E-state index is 0.132. The minimum Gasteiger partial charge on any atom is -0.504 e. The SMILES string of the molecule is CCc1cc(NCc2cccc(OC)c2O)nc(-c2ccccn2)n1. The normalized spacial score (nSPS) is 10.5. The molecular formula is C19H20N4O2. The molecule has 0 atom stereocenters. The molecular weight excluding hydrogens is 316 g/mol. The molecule has 0 radical (unpaired) electrons. The van der Waals surface area contributed by atoms with E-state index in [1.54, 1.807) is 12.3 Å². The molecule has 1 aromatic carbocycles. The number of phenolic OH excluding ortho intramolecular Hbond substituents is 1. The van der Waals surface area contributed by atoms with Gasteiger partial charge in [-0.25, -0.2) is 9.97 Å². The molecule has 2 N–H and O–H groups in total. The van der Waals surface area contributed by atoms with Crippen molar-refractivity contribution in [1.29, 1.82) is 0 Å². The first-order valence-electron chi connectivity index (χ1n) is 8.09. The first-order valence-corrected chi connectivity index (χ1v) is 8.09. The molecule has 0 aliphatic rings. The Labute approximate surface area is 146 Å². The van der Waals surface area contributed by atoms with E-state index in [-0.39, 0.29) is 5.75 Å². The Kier molecular flexibility index (Phi) is 5.09. The van der Waals surface area contributed by atoms with Gasteiger partial charge in [0, 0.05) is 30.1 Å². The van der Waals surface area contributed by atoms with Crippen LogP contribution in [0.3, 0.4) is 0 Å². The van der Waals surface area contributed by atoms with Crippen molar-refractivity contribution in [3.05, 3.63) is 59.9 Å². The monoisotopic (exact) mass is 336 g/mol. The highest BCUT2D eigenvalue weighted by atomic mass is 16.5. The maximum absolute atomic E-state index is 10.2. The van der Waals surface area contributed by atoms with Crippen molar-refractivity contribution in [2.24, 2.45) is 0 Å². The Bertz CT molecular complexity index is 853. The molecule has 3 rings (SSSR count). The van der Waals surface area contributed by atoms with Gasteiger partial charge in [0.25, 0.3) is 0 Å². The molecule has 25 heavy (non-hydrogen) atoms. The van der Waals surface area contributed by atoms with Crippen LogP contribution in [-0.2, 0) is 13.0 Å². The van der Waals surface area contributed by atoms with Crippen LogP contribution in [0.4, 0.5) is 5.82 Å². The highest BCUT2D eigenvalue weighted by molar-refractivity contribution is 5.53. The van der Waals surface area contributed by atoms with Crippen LogP contribution in [0.25, 0.3) is 11.5 Å². The molecule has 0 fully saturated rings. The van der Waals surface area contributed by atoms with Crippen molar-refractivity contribution in [3.8, 4) is 23.0 Å². The van der Waals surface area contributed by atoms with Crippen molar-refractivity contribution in [2.75, 3.05) is 12.4 Å². The van der Waals surface area contributed by atoms with Crippen molar-refractivity contribution in [2.45, 2.75) is 19.9 Å². The number of benzene rings is 1. The van der Waals surface area contributed by atoms with Crippen molar-refractivity contribution >= 4 is 5.82 Å². The summed E-state index contributed by atoms with van der Waals surface area (Å²) in [5.74, 6) is 1.85. The van der Waals surface area contributed by atoms with Gasteiger partial charge in [0.2, 0.25) is 0 Å². The lowest BCUT2D eigenvalue weighted by molar-refractivity contribution is 0.371. The van der Waals surface area contributed by atoms with E-state index >= 15 is 0 Å². The van der Waals surface area contributed by atoms with Crippen LogP contribution < -0.4 is 10.1 Å². The third-order valence-corrected chi connectivity index (χ3v) is 3.80. The largest absolute Gasteiger partial charge is 0.504 e. The summed E-state index contributed by atoms with van der Waals surface area (Å²) in [7, 11) is 1.53. The topological polar surface area (TPSA) is 80.2 Å². The van der Waals surface area contributed by atoms with Crippen LogP contribution in [0.2, 0.25) is 0 Å². The summed E-state index contributed by atoms with van der Waals surface area (Å²) in [6.45, 7) is 2.47. The molecule has 6 heteroatoms. The number of pyridine rings is 1. The number of para-hydroxylation sites is 1. The van der Waals surface area contributed by atoms with Crippen LogP contribution in [0.15, 0.2) is 48.7 Å². The Morgan fingerprint density at radius 1 is 1.12 bits per heavy atom. The lowest BCUT2D eigenvalue weighted by atomic mass is 10.2.